The number of carboxylic acids is 1. The number of aryl methyl sites for hydroxylation is 3. The first kappa shape index (κ1) is 21.7. The van der Waals surface area contributed by atoms with Crippen LogP contribution in [0, 0.1) is 5.92 Å². The second-order valence-corrected chi connectivity index (χ2v) is 8.80. The van der Waals surface area contributed by atoms with E-state index in [2.05, 4.69) is 27.0 Å². The largest absolute Gasteiger partial charge is 0.481 e. The van der Waals surface area contributed by atoms with Gasteiger partial charge in [0.1, 0.15) is 0 Å². The molecule has 1 aliphatic carbocycles. The van der Waals surface area contributed by atoms with Crippen LogP contribution in [0.3, 0.4) is 0 Å². The van der Waals surface area contributed by atoms with Crippen LogP contribution in [0.5, 0.6) is 6.01 Å². The molecule has 31 heavy (non-hydrogen) atoms. The topological polar surface area (TPSA) is 88.4 Å². The van der Waals surface area contributed by atoms with E-state index in [0.717, 1.165) is 37.9 Å². The number of hydrogen-bond acceptors (Lipinski definition) is 6. The fourth-order valence-electron chi connectivity index (χ4n) is 4.78. The molecule has 2 aromatic heterocycles. The fraction of sp³-hybridized carbons (Fsp3) is 0.583. The van der Waals surface area contributed by atoms with Crippen molar-refractivity contribution in [3.05, 3.63) is 47.0 Å². The molecule has 1 aliphatic heterocycles. The fourth-order valence-corrected chi connectivity index (χ4v) is 4.78. The van der Waals surface area contributed by atoms with E-state index in [4.69, 9.17) is 9.72 Å². The van der Waals surface area contributed by atoms with Crippen molar-refractivity contribution in [2.45, 2.75) is 63.8 Å². The quantitative estimate of drug-likeness (QED) is 0.583. The molecule has 1 fully saturated rings. The molecule has 0 radical (unpaired) electrons. The van der Waals surface area contributed by atoms with Gasteiger partial charge in [0.05, 0.1) is 13.5 Å². The van der Waals surface area contributed by atoms with Crippen molar-refractivity contribution in [2.75, 3.05) is 20.2 Å². The lowest BCUT2D eigenvalue weighted by Crippen LogP contribution is -2.48. The van der Waals surface area contributed by atoms with Gasteiger partial charge in [-0.15, -0.1) is 0 Å². The third-order valence-corrected chi connectivity index (χ3v) is 6.54. The van der Waals surface area contributed by atoms with Gasteiger partial charge in [-0.05, 0) is 62.5 Å². The summed E-state index contributed by atoms with van der Waals surface area (Å²) in [6, 6.07) is 4.61. The summed E-state index contributed by atoms with van der Waals surface area (Å²) >= 11 is 0. The van der Waals surface area contributed by atoms with Crippen LogP contribution >= 0.6 is 0 Å². The monoisotopic (exact) mass is 424 g/mol. The Hall–Kier alpha value is -2.54. The maximum atomic E-state index is 11.4. The van der Waals surface area contributed by atoms with Crippen LogP contribution in [0.25, 0.3) is 0 Å². The molecule has 0 saturated carbocycles. The second kappa shape index (κ2) is 10.2. The minimum absolute atomic E-state index is 0.0619. The van der Waals surface area contributed by atoms with Crippen LogP contribution in [0.1, 0.15) is 67.1 Å². The first-order chi connectivity index (χ1) is 15.1. The zero-order chi connectivity index (χ0) is 21.6. The summed E-state index contributed by atoms with van der Waals surface area (Å²) in [5, 5.41) is 9.34. The normalized spacial score (nSPS) is 17.6. The molecule has 166 valence electrons. The molecule has 4 rings (SSSR count). The highest BCUT2D eigenvalue weighted by Gasteiger charge is 2.34. The van der Waals surface area contributed by atoms with Crippen molar-refractivity contribution in [3.8, 4) is 6.01 Å². The molecule has 0 bridgehead atoms. The van der Waals surface area contributed by atoms with Crippen LogP contribution in [0.15, 0.2) is 24.5 Å². The van der Waals surface area contributed by atoms with Crippen molar-refractivity contribution < 1.29 is 14.6 Å². The Morgan fingerprint density at radius 2 is 1.97 bits per heavy atom. The number of fused-ring (bicyclic) bond motifs is 1. The average molecular weight is 425 g/mol. The van der Waals surface area contributed by atoms with E-state index < -0.39 is 5.97 Å². The first-order valence-corrected chi connectivity index (χ1v) is 11.4. The predicted molar refractivity (Wildman–Crippen MR) is 117 cm³/mol. The Labute approximate surface area is 183 Å². The van der Waals surface area contributed by atoms with Gasteiger partial charge in [-0.3, -0.25) is 14.7 Å². The molecule has 7 heteroatoms. The Morgan fingerprint density at radius 1 is 1.19 bits per heavy atom. The average Bonchev–Trinajstić information content (AvgIpc) is 2.76. The van der Waals surface area contributed by atoms with Crippen LogP contribution in [-0.4, -0.2) is 51.1 Å². The standard InChI is InChI=1S/C24H32N4O3/c1-31-24-25-13-19(14-26-24)22(12-23(29)30)28-15-17(16-28)6-2-4-8-20-11-10-18-7-3-5-9-21(18)27-20/h10-11,13-14,17,22H,2-9,12,15-16H2,1H3,(H,29,30)/t22-/m0/s1. The van der Waals surface area contributed by atoms with Gasteiger partial charge >= 0.3 is 12.0 Å². The third kappa shape index (κ3) is 5.58. The minimum atomic E-state index is -0.804. The molecule has 0 spiro atoms. The maximum absolute atomic E-state index is 11.4. The molecule has 2 aliphatic rings. The van der Waals surface area contributed by atoms with Crippen molar-refractivity contribution >= 4 is 5.97 Å². The first-order valence-electron chi connectivity index (χ1n) is 11.4. The summed E-state index contributed by atoms with van der Waals surface area (Å²) in [5.74, 6) is -0.172. The van der Waals surface area contributed by atoms with Gasteiger partial charge in [0.15, 0.2) is 0 Å². The summed E-state index contributed by atoms with van der Waals surface area (Å²) in [5.41, 5.74) is 4.84. The van der Waals surface area contributed by atoms with Gasteiger partial charge in [-0.2, -0.15) is 0 Å². The molecule has 7 nitrogen and oxygen atoms in total. The zero-order valence-corrected chi connectivity index (χ0v) is 18.3. The number of aromatic nitrogens is 3. The SMILES string of the molecule is COc1ncc([C@H](CC(=O)O)N2CC(CCCCc3ccc4c(n3)CCCC4)C2)cn1. The molecular weight excluding hydrogens is 392 g/mol. The van der Waals surface area contributed by atoms with E-state index >= 15 is 0 Å². The number of hydrogen-bond donors (Lipinski definition) is 1. The molecular formula is C24H32N4O3. The summed E-state index contributed by atoms with van der Waals surface area (Å²) in [7, 11) is 1.52. The minimum Gasteiger partial charge on any atom is -0.481 e. The van der Waals surface area contributed by atoms with E-state index in [0.29, 0.717) is 11.9 Å². The number of likely N-dealkylation sites (tertiary alicyclic amines) is 1. The predicted octanol–water partition coefficient (Wildman–Crippen LogP) is 3.62. The van der Waals surface area contributed by atoms with E-state index in [-0.39, 0.29) is 12.5 Å². The van der Waals surface area contributed by atoms with Crippen molar-refractivity contribution in [1.29, 1.82) is 0 Å². The Balaban J connectivity index is 1.22. The number of nitrogens with zero attached hydrogens (tertiary/aromatic N) is 4. The molecule has 1 saturated heterocycles. The van der Waals surface area contributed by atoms with Crippen LogP contribution < -0.4 is 4.74 Å². The Bertz CT molecular complexity index is 881. The molecule has 3 heterocycles. The van der Waals surface area contributed by atoms with Crippen molar-refractivity contribution in [1.82, 2.24) is 19.9 Å². The molecule has 1 N–H and O–H groups in total. The van der Waals surface area contributed by atoms with Gasteiger partial charge < -0.3 is 9.84 Å². The molecule has 0 aromatic carbocycles. The highest BCUT2D eigenvalue weighted by molar-refractivity contribution is 5.67. The van der Waals surface area contributed by atoms with Crippen LogP contribution in [-0.2, 0) is 24.1 Å². The van der Waals surface area contributed by atoms with Gasteiger partial charge in [-0.1, -0.05) is 12.5 Å². The molecule has 0 amide bonds. The Kier molecular flexibility index (Phi) is 7.12. The van der Waals surface area contributed by atoms with Gasteiger partial charge in [0.25, 0.3) is 0 Å². The number of pyridine rings is 1. The van der Waals surface area contributed by atoms with Crippen molar-refractivity contribution in [3.63, 3.8) is 0 Å². The van der Waals surface area contributed by atoms with Gasteiger partial charge in [-0.25, -0.2) is 9.97 Å². The third-order valence-electron chi connectivity index (χ3n) is 6.54. The summed E-state index contributed by atoms with van der Waals surface area (Å²) in [6.07, 6.45) is 12.9. The number of unbranched alkanes of at least 4 members (excludes halogenated alkanes) is 1. The summed E-state index contributed by atoms with van der Waals surface area (Å²) < 4.78 is 5.01. The van der Waals surface area contributed by atoms with Crippen LogP contribution in [0.4, 0.5) is 0 Å². The number of ether oxygens (including phenoxy) is 1. The lowest BCUT2D eigenvalue weighted by Gasteiger charge is -2.44. The maximum Gasteiger partial charge on any atom is 0.316 e. The lowest BCUT2D eigenvalue weighted by molar-refractivity contribution is -0.139. The molecule has 0 unspecified atom stereocenters. The molecule has 1 atom stereocenters. The number of methoxy groups -OCH3 is 1. The van der Waals surface area contributed by atoms with Crippen molar-refractivity contribution in [2.24, 2.45) is 5.92 Å². The Morgan fingerprint density at radius 3 is 2.71 bits per heavy atom. The van der Waals surface area contributed by atoms with Crippen LogP contribution in [0.2, 0.25) is 0 Å². The lowest BCUT2D eigenvalue weighted by atomic mass is 9.89. The number of carbonyl (C=O) groups is 1. The van der Waals surface area contributed by atoms with E-state index in [9.17, 15) is 9.90 Å². The summed E-state index contributed by atoms with van der Waals surface area (Å²) in [6.45, 7) is 1.86. The van der Waals surface area contributed by atoms with E-state index in [1.807, 2.05) is 0 Å². The zero-order valence-electron chi connectivity index (χ0n) is 18.3. The highest BCUT2D eigenvalue weighted by atomic mass is 16.5. The van der Waals surface area contributed by atoms with Gasteiger partial charge in [0.2, 0.25) is 0 Å². The smallest absolute Gasteiger partial charge is 0.316 e. The number of rotatable bonds is 10. The highest BCUT2D eigenvalue weighted by Crippen LogP contribution is 2.33. The van der Waals surface area contributed by atoms with E-state index in [1.165, 1.54) is 56.2 Å². The molecule has 2 aromatic rings. The van der Waals surface area contributed by atoms with E-state index in [1.54, 1.807) is 12.4 Å². The summed E-state index contributed by atoms with van der Waals surface area (Å²) in [4.78, 5) is 26.8. The number of aliphatic carboxylic acids is 1. The van der Waals surface area contributed by atoms with Gasteiger partial charge in [0, 0.05) is 48.5 Å². The second-order valence-electron chi connectivity index (χ2n) is 8.80. The number of carboxylic acid groups (broad SMARTS) is 1.